The molecule has 0 radical (unpaired) electrons. The van der Waals surface area contributed by atoms with Gasteiger partial charge in [-0.3, -0.25) is 4.90 Å². The highest BCUT2D eigenvalue weighted by Crippen LogP contribution is 2.07. The number of hydrogen-bond acceptors (Lipinski definition) is 3. The first-order valence-electron chi connectivity index (χ1n) is 6.03. The van der Waals surface area contributed by atoms with Gasteiger partial charge >= 0.3 is 0 Å². The first-order valence-corrected chi connectivity index (χ1v) is 6.03. The van der Waals surface area contributed by atoms with Crippen LogP contribution in [-0.2, 0) is 0 Å². The van der Waals surface area contributed by atoms with Crippen LogP contribution in [0, 0.1) is 0 Å². The summed E-state index contributed by atoms with van der Waals surface area (Å²) >= 11 is 0. The standard InChI is InChI=1S/C11H25N3/c1-4-13(5-2)11(3)12-14-9-7-6-8-10-14/h11-12H,4-10H2,1-3H3. The van der Waals surface area contributed by atoms with Gasteiger partial charge in [0.05, 0.1) is 6.17 Å². The Bertz CT molecular complexity index is 139. The molecular weight excluding hydrogens is 174 g/mol. The molecule has 0 amide bonds. The van der Waals surface area contributed by atoms with Crippen molar-refractivity contribution in [2.45, 2.75) is 46.2 Å². The van der Waals surface area contributed by atoms with Gasteiger partial charge in [0.1, 0.15) is 0 Å². The van der Waals surface area contributed by atoms with Crippen LogP contribution in [0.2, 0.25) is 0 Å². The summed E-state index contributed by atoms with van der Waals surface area (Å²) in [5.74, 6) is 0. The van der Waals surface area contributed by atoms with Crippen LogP contribution in [0.4, 0.5) is 0 Å². The lowest BCUT2D eigenvalue weighted by Gasteiger charge is -2.35. The number of rotatable bonds is 5. The van der Waals surface area contributed by atoms with Gasteiger partial charge in [-0.15, -0.1) is 0 Å². The van der Waals surface area contributed by atoms with E-state index in [1.54, 1.807) is 0 Å². The molecule has 3 nitrogen and oxygen atoms in total. The molecule has 0 saturated carbocycles. The van der Waals surface area contributed by atoms with E-state index in [0.717, 1.165) is 13.1 Å². The molecule has 1 aliphatic rings. The van der Waals surface area contributed by atoms with Gasteiger partial charge in [-0.05, 0) is 32.9 Å². The third kappa shape index (κ3) is 3.56. The predicted octanol–water partition coefficient (Wildman–Crippen LogP) is 1.66. The zero-order valence-corrected chi connectivity index (χ0v) is 9.92. The normalized spacial score (nSPS) is 21.4. The van der Waals surface area contributed by atoms with Crippen LogP contribution < -0.4 is 5.43 Å². The number of hydrazine groups is 1. The lowest BCUT2D eigenvalue weighted by Crippen LogP contribution is -2.53. The molecular formula is C11H25N3. The van der Waals surface area contributed by atoms with Crippen molar-refractivity contribution in [1.29, 1.82) is 0 Å². The fraction of sp³-hybridized carbons (Fsp3) is 1.00. The summed E-state index contributed by atoms with van der Waals surface area (Å²) in [4.78, 5) is 2.44. The number of nitrogens with zero attached hydrogens (tertiary/aromatic N) is 2. The van der Waals surface area contributed by atoms with E-state index in [0.29, 0.717) is 6.17 Å². The van der Waals surface area contributed by atoms with E-state index in [4.69, 9.17) is 0 Å². The van der Waals surface area contributed by atoms with Gasteiger partial charge in [-0.1, -0.05) is 20.3 Å². The number of nitrogens with one attached hydrogen (secondary N) is 1. The van der Waals surface area contributed by atoms with Gasteiger partial charge in [-0.2, -0.15) is 0 Å². The Hall–Kier alpha value is -0.120. The molecule has 0 aromatic heterocycles. The molecule has 1 heterocycles. The van der Waals surface area contributed by atoms with Crippen molar-refractivity contribution in [2.24, 2.45) is 0 Å². The highest BCUT2D eigenvalue weighted by molar-refractivity contribution is 4.65. The summed E-state index contributed by atoms with van der Waals surface area (Å²) in [5, 5.41) is 2.38. The van der Waals surface area contributed by atoms with Gasteiger partial charge in [0.25, 0.3) is 0 Å². The minimum absolute atomic E-state index is 0.475. The molecule has 0 aromatic rings. The van der Waals surface area contributed by atoms with Crippen molar-refractivity contribution in [3.05, 3.63) is 0 Å². The van der Waals surface area contributed by atoms with Crippen molar-refractivity contribution >= 4 is 0 Å². The summed E-state index contributed by atoms with van der Waals surface area (Å²) in [5.41, 5.74) is 3.58. The van der Waals surface area contributed by atoms with Gasteiger partial charge in [0.15, 0.2) is 0 Å². The van der Waals surface area contributed by atoms with E-state index in [9.17, 15) is 0 Å². The fourth-order valence-corrected chi connectivity index (χ4v) is 2.14. The highest BCUT2D eigenvalue weighted by Gasteiger charge is 2.15. The molecule has 1 fully saturated rings. The van der Waals surface area contributed by atoms with Crippen LogP contribution in [-0.4, -0.2) is 42.3 Å². The monoisotopic (exact) mass is 199 g/mol. The minimum Gasteiger partial charge on any atom is -0.288 e. The van der Waals surface area contributed by atoms with Crippen LogP contribution in [0.5, 0.6) is 0 Å². The Labute approximate surface area is 88.4 Å². The van der Waals surface area contributed by atoms with E-state index < -0.39 is 0 Å². The van der Waals surface area contributed by atoms with Gasteiger partial charge in [0.2, 0.25) is 0 Å². The average Bonchev–Trinajstić information content (AvgIpc) is 2.21. The second-order valence-corrected chi connectivity index (χ2v) is 4.07. The molecule has 1 unspecified atom stereocenters. The summed E-state index contributed by atoms with van der Waals surface area (Å²) in [6, 6.07) is 0. The third-order valence-corrected chi connectivity index (χ3v) is 3.09. The van der Waals surface area contributed by atoms with E-state index in [2.05, 4.69) is 36.1 Å². The second-order valence-electron chi connectivity index (χ2n) is 4.07. The van der Waals surface area contributed by atoms with Crippen molar-refractivity contribution < 1.29 is 0 Å². The molecule has 14 heavy (non-hydrogen) atoms. The largest absolute Gasteiger partial charge is 0.288 e. The summed E-state index contributed by atoms with van der Waals surface area (Å²) in [7, 11) is 0. The SMILES string of the molecule is CCN(CC)C(C)NN1CCCCC1. The smallest absolute Gasteiger partial charge is 0.0702 e. The van der Waals surface area contributed by atoms with Crippen molar-refractivity contribution in [2.75, 3.05) is 26.2 Å². The van der Waals surface area contributed by atoms with Crippen LogP contribution in [0.25, 0.3) is 0 Å². The Balaban J connectivity index is 2.26. The van der Waals surface area contributed by atoms with Crippen LogP contribution in [0.1, 0.15) is 40.0 Å². The molecule has 0 aliphatic carbocycles. The van der Waals surface area contributed by atoms with E-state index in [-0.39, 0.29) is 0 Å². The summed E-state index contributed by atoms with van der Waals surface area (Å²) in [6.07, 6.45) is 4.57. The average molecular weight is 199 g/mol. The van der Waals surface area contributed by atoms with E-state index in [1.807, 2.05) is 0 Å². The molecule has 1 aliphatic heterocycles. The Morgan fingerprint density at radius 3 is 2.21 bits per heavy atom. The predicted molar refractivity (Wildman–Crippen MR) is 60.9 cm³/mol. The van der Waals surface area contributed by atoms with Crippen molar-refractivity contribution in [1.82, 2.24) is 15.3 Å². The molecule has 1 saturated heterocycles. The summed E-state index contributed by atoms with van der Waals surface area (Å²) < 4.78 is 0. The molecule has 0 bridgehead atoms. The molecule has 1 rings (SSSR count). The number of piperidine rings is 1. The maximum atomic E-state index is 3.58. The molecule has 84 valence electrons. The van der Waals surface area contributed by atoms with Crippen molar-refractivity contribution in [3.63, 3.8) is 0 Å². The zero-order chi connectivity index (χ0) is 10.4. The van der Waals surface area contributed by atoms with Gasteiger partial charge < -0.3 is 0 Å². The number of hydrogen-bond donors (Lipinski definition) is 1. The van der Waals surface area contributed by atoms with Crippen molar-refractivity contribution in [3.8, 4) is 0 Å². The fourth-order valence-electron chi connectivity index (χ4n) is 2.14. The topological polar surface area (TPSA) is 18.5 Å². The maximum Gasteiger partial charge on any atom is 0.0702 e. The molecule has 1 atom stereocenters. The zero-order valence-electron chi connectivity index (χ0n) is 9.92. The van der Waals surface area contributed by atoms with Crippen LogP contribution in [0.3, 0.4) is 0 Å². The molecule has 3 heteroatoms. The molecule has 0 aromatic carbocycles. The molecule has 0 spiro atoms. The third-order valence-electron chi connectivity index (χ3n) is 3.09. The first-order chi connectivity index (χ1) is 6.77. The first kappa shape index (κ1) is 12.0. The lowest BCUT2D eigenvalue weighted by atomic mass is 10.2. The highest BCUT2D eigenvalue weighted by atomic mass is 15.6. The van der Waals surface area contributed by atoms with E-state index in [1.165, 1.54) is 32.4 Å². The Kier molecular flexibility index (Phi) is 5.45. The second kappa shape index (κ2) is 6.38. The minimum atomic E-state index is 0.475. The van der Waals surface area contributed by atoms with Gasteiger partial charge in [0, 0.05) is 13.1 Å². The summed E-state index contributed by atoms with van der Waals surface area (Å²) in [6.45, 7) is 11.4. The Morgan fingerprint density at radius 1 is 1.14 bits per heavy atom. The quantitative estimate of drug-likeness (QED) is 0.679. The van der Waals surface area contributed by atoms with Gasteiger partial charge in [-0.25, -0.2) is 10.4 Å². The van der Waals surface area contributed by atoms with Crippen LogP contribution >= 0.6 is 0 Å². The molecule has 1 N–H and O–H groups in total. The van der Waals surface area contributed by atoms with E-state index >= 15 is 0 Å². The van der Waals surface area contributed by atoms with Crippen LogP contribution in [0.15, 0.2) is 0 Å². The maximum absolute atomic E-state index is 3.58. The lowest BCUT2D eigenvalue weighted by molar-refractivity contribution is 0.0650. The Morgan fingerprint density at radius 2 is 1.71 bits per heavy atom.